The van der Waals surface area contributed by atoms with Crippen LogP contribution in [0.25, 0.3) is 0 Å². The third kappa shape index (κ3) is 1.98. The van der Waals surface area contributed by atoms with Crippen molar-refractivity contribution in [2.75, 3.05) is 12.4 Å². The molecule has 0 fully saturated rings. The minimum Gasteiger partial charge on any atom is -0.367 e. The largest absolute Gasteiger partial charge is 0.367 e. The first-order chi connectivity index (χ1) is 7.22. The molecule has 1 aliphatic heterocycles. The van der Waals surface area contributed by atoms with Crippen molar-refractivity contribution in [2.24, 2.45) is 0 Å². The average molecular weight is 227 g/mol. The van der Waals surface area contributed by atoms with E-state index in [1.54, 1.807) is 12.1 Å². The van der Waals surface area contributed by atoms with Gasteiger partial charge in [0.2, 0.25) is 6.17 Å². The summed E-state index contributed by atoms with van der Waals surface area (Å²) < 4.78 is 18.4. The number of rotatable bonds is 1. The maximum atomic E-state index is 13.5. The summed E-state index contributed by atoms with van der Waals surface area (Å²) in [7, 11) is 1.39. The van der Waals surface area contributed by atoms with Crippen molar-refractivity contribution in [1.29, 1.82) is 0 Å². The van der Waals surface area contributed by atoms with E-state index in [9.17, 15) is 9.18 Å². The molecule has 80 valence electrons. The van der Waals surface area contributed by atoms with E-state index in [0.717, 1.165) is 4.90 Å². The number of benzene rings is 1. The van der Waals surface area contributed by atoms with Crippen molar-refractivity contribution in [3.8, 4) is 0 Å². The van der Waals surface area contributed by atoms with Crippen LogP contribution in [0, 0.1) is 0 Å². The van der Waals surface area contributed by atoms with Crippen molar-refractivity contribution in [3.05, 3.63) is 24.3 Å². The minimum atomic E-state index is -1.65. The van der Waals surface area contributed by atoms with Gasteiger partial charge in [-0.2, -0.15) is 0 Å². The number of alkyl halides is 1. The molecule has 0 radical (unpaired) electrons. The molecule has 15 heavy (non-hydrogen) atoms. The van der Waals surface area contributed by atoms with E-state index in [1.165, 1.54) is 18.9 Å². The van der Waals surface area contributed by atoms with Crippen LogP contribution in [0.5, 0.6) is 0 Å². The molecular weight excluding hydrogens is 217 g/mol. The van der Waals surface area contributed by atoms with Gasteiger partial charge in [0.15, 0.2) is 0 Å². The standard InChI is InChI=1S/C10H10FNO2S/c1-14-10-8(11)9(13)12-6-4-2-3-5-7(6)15-10/h2-5,8,10H,1H3,(H,12,13)/t8-,10+/m1/s1. The summed E-state index contributed by atoms with van der Waals surface area (Å²) in [6, 6.07) is 7.19. The minimum absolute atomic E-state index is 0.634. The predicted octanol–water partition coefficient (Wildman–Crippen LogP) is 2.04. The van der Waals surface area contributed by atoms with E-state index in [2.05, 4.69) is 5.32 Å². The molecule has 2 atom stereocenters. The predicted molar refractivity (Wildman–Crippen MR) is 56.6 cm³/mol. The fourth-order valence-electron chi connectivity index (χ4n) is 1.35. The number of carbonyl (C=O) groups excluding carboxylic acids is 1. The summed E-state index contributed by atoms with van der Waals surface area (Å²) in [6.07, 6.45) is -1.65. The lowest BCUT2D eigenvalue weighted by molar-refractivity contribution is -0.123. The van der Waals surface area contributed by atoms with Gasteiger partial charge in [0.1, 0.15) is 5.44 Å². The summed E-state index contributed by atoms with van der Waals surface area (Å²) in [5, 5.41) is 2.52. The molecule has 0 bridgehead atoms. The van der Waals surface area contributed by atoms with Gasteiger partial charge in [0.05, 0.1) is 5.69 Å². The highest BCUT2D eigenvalue weighted by Crippen LogP contribution is 2.36. The molecule has 2 rings (SSSR count). The maximum Gasteiger partial charge on any atom is 0.262 e. The van der Waals surface area contributed by atoms with Gasteiger partial charge in [0.25, 0.3) is 5.91 Å². The van der Waals surface area contributed by atoms with Gasteiger partial charge in [-0.1, -0.05) is 23.9 Å². The molecule has 0 aliphatic carbocycles. The first-order valence-corrected chi connectivity index (χ1v) is 5.34. The normalized spacial score (nSPS) is 25.3. The quantitative estimate of drug-likeness (QED) is 0.798. The fraction of sp³-hybridized carbons (Fsp3) is 0.300. The Bertz CT molecular complexity index is 385. The van der Waals surface area contributed by atoms with Crippen molar-refractivity contribution >= 4 is 23.4 Å². The van der Waals surface area contributed by atoms with Crippen molar-refractivity contribution in [2.45, 2.75) is 16.5 Å². The first-order valence-electron chi connectivity index (χ1n) is 4.46. The van der Waals surface area contributed by atoms with E-state index >= 15 is 0 Å². The second kappa shape index (κ2) is 4.20. The van der Waals surface area contributed by atoms with Crippen LogP contribution < -0.4 is 5.32 Å². The van der Waals surface area contributed by atoms with E-state index in [1.807, 2.05) is 12.1 Å². The van der Waals surface area contributed by atoms with Crippen LogP contribution in [0.1, 0.15) is 0 Å². The number of thioether (sulfide) groups is 1. The number of methoxy groups -OCH3 is 1. The Kier molecular flexibility index (Phi) is 2.93. The van der Waals surface area contributed by atoms with Gasteiger partial charge >= 0.3 is 0 Å². The van der Waals surface area contributed by atoms with Gasteiger partial charge in [-0.25, -0.2) is 4.39 Å². The smallest absolute Gasteiger partial charge is 0.262 e. The average Bonchev–Trinajstić information content (AvgIpc) is 2.37. The van der Waals surface area contributed by atoms with Crippen LogP contribution in [0.15, 0.2) is 29.2 Å². The molecule has 1 aliphatic rings. The van der Waals surface area contributed by atoms with E-state index < -0.39 is 17.5 Å². The molecule has 1 aromatic rings. The topological polar surface area (TPSA) is 38.3 Å². The lowest BCUT2D eigenvalue weighted by atomic mass is 10.3. The van der Waals surface area contributed by atoms with Crippen molar-refractivity contribution < 1.29 is 13.9 Å². The van der Waals surface area contributed by atoms with Crippen LogP contribution in [-0.2, 0) is 9.53 Å². The first kappa shape index (κ1) is 10.4. The Hall–Kier alpha value is -1.07. The van der Waals surface area contributed by atoms with Crippen LogP contribution in [0.3, 0.4) is 0 Å². The molecule has 0 saturated carbocycles. The van der Waals surface area contributed by atoms with Crippen LogP contribution >= 0.6 is 11.8 Å². The summed E-state index contributed by atoms with van der Waals surface area (Å²) >= 11 is 1.21. The fourth-order valence-corrected chi connectivity index (χ4v) is 2.34. The highest BCUT2D eigenvalue weighted by Gasteiger charge is 2.33. The highest BCUT2D eigenvalue weighted by atomic mass is 32.2. The number of anilines is 1. The molecule has 0 spiro atoms. The molecule has 0 saturated heterocycles. The Morgan fingerprint density at radius 2 is 2.20 bits per heavy atom. The van der Waals surface area contributed by atoms with Crippen molar-refractivity contribution in [3.63, 3.8) is 0 Å². The van der Waals surface area contributed by atoms with Crippen molar-refractivity contribution in [1.82, 2.24) is 0 Å². The molecule has 1 amide bonds. The van der Waals surface area contributed by atoms with Gasteiger partial charge in [-0.05, 0) is 12.1 Å². The number of carbonyl (C=O) groups is 1. The summed E-state index contributed by atoms with van der Waals surface area (Å²) in [4.78, 5) is 12.2. The summed E-state index contributed by atoms with van der Waals surface area (Å²) in [6.45, 7) is 0. The SMILES string of the molecule is CO[C@H]1Sc2ccccc2NC(=O)[C@H]1F. The van der Waals surface area contributed by atoms with Gasteiger partial charge in [0, 0.05) is 12.0 Å². The Labute approximate surface area is 91.0 Å². The van der Waals surface area contributed by atoms with Crippen LogP contribution in [0.2, 0.25) is 0 Å². The summed E-state index contributed by atoms with van der Waals surface area (Å²) in [5.41, 5.74) is -0.150. The highest BCUT2D eigenvalue weighted by molar-refractivity contribution is 8.00. The zero-order chi connectivity index (χ0) is 10.8. The number of ether oxygens (including phenoxy) is 1. The van der Waals surface area contributed by atoms with Crippen LogP contribution in [-0.4, -0.2) is 24.6 Å². The Balaban J connectivity index is 2.37. The Morgan fingerprint density at radius 3 is 2.93 bits per heavy atom. The molecule has 5 heteroatoms. The number of hydrogen-bond acceptors (Lipinski definition) is 3. The van der Waals surface area contributed by atoms with E-state index in [0.29, 0.717) is 5.69 Å². The molecule has 3 nitrogen and oxygen atoms in total. The number of hydrogen-bond donors (Lipinski definition) is 1. The molecule has 1 aromatic carbocycles. The van der Waals surface area contributed by atoms with E-state index in [-0.39, 0.29) is 0 Å². The number of amides is 1. The third-order valence-corrected chi connectivity index (χ3v) is 3.38. The van der Waals surface area contributed by atoms with Crippen LogP contribution in [0.4, 0.5) is 10.1 Å². The van der Waals surface area contributed by atoms with E-state index in [4.69, 9.17) is 4.74 Å². The van der Waals surface area contributed by atoms with Gasteiger partial charge in [-0.15, -0.1) is 0 Å². The lowest BCUT2D eigenvalue weighted by Crippen LogP contribution is -2.32. The number of nitrogens with one attached hydrogen (secondary N) is 1. The lowest BCUT2D eigenvalue weighted by Gasteiger charge is -2.13. The zero-order valence-corrected chi connectivity index (χ0v) is 8.88. The summed E-state index contributed by atoms with van der Waals surface area (Å²) in [5.74, 6) is -0.653. The second-order valence-electron chi connectivity index (χ2n) is 3.11. The maximum absolute atomic E-state index is 13.5. The third-order valence-electron chi connectivity index (χ3n) is 2.11. The van der Waals surface area contributed by atoms with Gasteiger partial charge in [-0.3, -0.25) is 4.79 Å². The number of para-hydroxylation sites is 1. The number of halogens is 1. The number of fused-ring (bicyclic) bond motifs is 1. The molecule has 1 heterocycles. The Morgan fingerprint density at radius 1 is 1.47 bits per heavy atom. The molecular formula is C10H10FNO2S. The monoisotopic (exact) mass is 227 g/mol. The zero-order valence-electron chi connectivity index (χ0n) is 8.07. The molecule has 0 aromatic heterocycles. The molecule has 1 N–H and O–H groups in total. The second-order valence-corrected chi connectivity index (χ2v) is 4.25. The molecule has 0 unspecified atom stereocenters. The van der Waals surface area contributed by atoms with Gasteiger partial charge < -0.3 is 10.1 Å².